The molecule has 148 valence electrons. The predicted octanol–water partition coefficient (Wildman–Crippen LogP) is 5.15. The first-order valence-electron chi connectivity index (χ1n) is 9.55. The van der Waals surface area contributed by atoms with Crippen LogP contribution in [0, 0.1) is 5.82 Å². The van der Waals surface area contributed by atoms with Gasteiger partial charge in [-0.05, 0) is 53.4 Å². The van der Waals surface area contributed by atoms with Gasteiger partial charge in [-0.15, -0.1) is 0 Å². The van der Waals surface area contributed by atoms with Crippen molar-refractivity contribution in [3.8, 4) is 11.5 Å². The molecule has 0 atom stereocenters. The van der Waals surface area contributed by atoms with Crippen molar-refractivity contribution in [2.75, 3.05) is 13.7 Å². The lowest BCUT2D eigenvalue weighted by Gasteiger charge is -2.31. The molecule has 0 spiro atoms. The molecule has 0 aliphatic carbocycles. The number of halogens is 1. The number of benzene rings is 3. The van der Waals surface area contributed by atoms with Crippen molar-refractivity contribution in [1.82, 2.24) is 4.90 Å². The Morgan fingerprint density at radius 2 is 1.76 bits per heavy atom. The number of nitrogens with zero attached hydrogens (tertiary/aromatic N) is 1. The maximum Gasteiger partial charge on any atom is 0.161 e. The largest absolute Gasteiger partial charge is 0.493 e. The van der Waals surface area contributed by atoms with E-state index < -0.39 is 0 Å². The van der Waals surface area contributed by atoms with Gasteiger partial charge in [0.15, 0.2) is 11.5 Å². The molecule has 0 unspecified atom stereocenters. The van der Waals surface area contributed by atoms with E-state index in [1.807, 2.05) is 18.2 Å². The topological polar surface area (TPSA) is 21.7 Å². The second-order valence-electron chi connectivity index (χ2n) is 7.03. The lowest BCUT2D eigenvalue weighted by atomic mass is 9.99. The van der Waals surface area contributed by atoms with Gasteiger partial charge >= 0.3 is 0 Å². The van der Waals surface area contributed by atoms with Crippen molar-refractivity contribution in [3.05, 3.63) is 94.8 Å². The summed E-state index contributed by atoms with van der Waals surface area (Å²) in [6.07, 6.45) is 0.992. The molecule has 1 heterocycles. The molecule has 29 heavy (non-hydrogen) atoms. The maximum atomic E-state index is 13.0. The summed E-state index contributed by atoms with van der Waals surface area (Å²) in [7, 11) is 1.62. The molecule has 4 rings (SSSR count). The third-order valence-electron chi connectivity index (χ3n) is 5.14. The minimum Gasteiger partial charge on any atom is -0.493 e. The molecular weight excluding hydrogens is 385 g/mol. The molecule has 3 aromatic carbocycles. The van der Waals surface area contributed by atoms with Crippen LogP contribution >= 0.6 is 12.2 Å². The molecular formula is C24H22FNO2S. The summed E-state index contributed by atoms with van der Waals surface area (Å²) < 4.78 is 24.4. The van der Waals surface area contributed by atoms with Crippen LogP contribution in [0.25, 0.3) is 0 Å². The number of methoxy groups -OCH3 is 1. The van der Waals surface area contributed by atoms with E-state index in [0.717, 1.165) is 35.6 Å². The SMILES string of the molecule is COc1cc(C(=S)N2CCc3ccccc3C2)ccc1OCc1ccc(F)cc1. The van der Waals surface area contributed by atoms with Crippen molar-refractivity contribution in [2.24, 2.45) is 0 Å². The van der Waals surface area contributed by atoms with Gasteiger partial charge in [-0.2, -0.15) is 0 Å². The maximum absolute atomic E-state index is 13.0. The highest BCUT2D eigenvalue weighted by Gasteiger charge is 2.20. The van der Waals surface area contributed by atoms with Crippen LogP contribution in [0.1, 0.15) is 22.3 Å². The molecule has 1 aliphatic heterocycles. The fourth-order valence-corrected chi connectivity index (χ4v) is 3.80. The summed E-state index contributed by atoms with van der Waals surface area (Å²) in [6, 6.07) is 20.5. The van der Waals surface area contributed by atoms with E-state index in [9.17, 15) is 4.39 Å². The Balaban J connectivity index is 1.47. The Morgan fingerprint density at radius 3 is 2.52 bits per heavy atom. The zero-order valence-corrected chi connectivity index (χ0v) is 17.0. The van der Waals surface area contributed by atoms with Crippen molar-refractivity contribution in [1.29, 1.82) is 0 Å². The Morgan fingerprint density at radius 1 is 1.00 bits per heavy atom. The van der Waals surface area contributed by atoms with Crippen LogP contribution in [-0.2, 0) is 19.6 Å². The minimum atomic E-state index is -0.260. The molecule has 0 bridgehead atoms. The number of rotatable bonds is 5. The predicted molar refractivity (Wildman–Crippen MR) is 116 cm³/mol. The Bertz CT molecular complexity index is 1020. The smallest absolute Gasteiger partial charge is 0.161 e. The average Bonchev–Trinajstić information content (AvgIpc) is 2.77. The molecule has 0 radical (unpaired) electrons. The number of hydrogen-bond acceptors (Lipinski definition) is 3. The van der Waals surface area contributed by atoms with E-state index in [1.54, 1.807) is 19.2 Å². The van der Waals surface area contributed by atoms with E-state index in [1.165, 1.54) is 23.3 Å². The summed E-state index contributed by atoms with van der Waals surface area (Å²) in [5.41, 5.74) is 4.55. The molecule has 0 saturated heterocycles. The summed E-state index contributed by atoms with van der Waals surface area (Å²) in [6.45, 7) is 2.06. The van der Waals surface area contributed by atoms with Gasteiger partial charge in [-0.25, -0.2) is 4.39 Å². The average molecular weight is 408 g/mol. The standard InChI is InChI=1S/C24H22FNO2S/c1-27-23-14-19(8-11-22(23)28-16-17-6-9-21(25)10-7-17)24(29)26-13-12-18-4-2-3-5-20(18)15-26/h2-11,14H,12-13,15-16H2,1H3. The third-order valence-corrected chi connectivity index (χ3v) is 5.63. The lowest BCUT2D eigenvalue weighted by Crippen LogP contribution is -2.35. The van der Waals surface area contributed by atoms with E-state index in [-0.39, 0.29) is 5.82 Å². The van der Waals surface area contributed by atoms with Crippen molar-refractivity contribution < 1.29 is 13.9 Å². The van der Waals surface area contributed by atoms with Crippen LogP contribution < -0.4 is 9.47 Å². The highest BCUT2D eigenvalue weighted by molar-refractivity contribution is 7.80. The molecule has 0 fully saturated rings. The monoisotopic (exact) mass is 407 g/mol. The van der Waals surface area contributed by atoms with Gasteiger partial charge < -0.3 is 14.4 Å². The van der Waals surface area contributed by atoms with Gasteiger partial charge in [0.2, 0.25) is 0 Å². The van der Waals surface area contributed by atoms with Crippen LogP contribution in [0.3, 0.4) is 0 Å². The third kappa shape index (κ3) is 4.40. The summed E-state index contributed by atoms with van der Waals surface area (Å²) >= 11 is 5.77. The normalized spacial score (nSPS) is 13.0. The fraction of sp³-hybridized carbons (Fsp3) is 0.208. The molecule has 0 aromatic heterocycles. The van der Waals surface area contributed by atoms with Gasteiger partial charge in [-0.1, -0.05) is 48.6 Å². The summed E-state index contributed by atoms with van der Waals surface area (Å²) in [5.74, 6) is 1.00. The first-order valence-corrected chi connectivity index (χ1v) is 9.96. The van der Waals surface area contributed by atoms with E-state index in [2.05, 4.69) is 29.2 Å². The number of hydrogen-bond donors (Lipinski definition) is 0. The molecule has 3 aromatic rings. The van der Waals surface area contributed by atoms with E-state index in [4.69, 9.17) is 21.7 Å². The van der Waals surface area contributed by atoms with Crippen LogP contribution in [0.4, 0.5) is 4.39 Å². The molecule has 5 heteroatoms. The number of thiocarbonyl (C=S) groups is 1. The second-order valence-corrected chi connectivity index (χ2v) is 7.41. The zero-order chi connectivity index (χ0) is 20.2. The van der Waals surface area contributed by atoms with Crippen molar-refractivity contribution in [3.63, 3.8) is 0 Å². The molecule has 1 aliphatic rings. The first kappa shape index (κ1) is 19.4. The highest BCUT2D eigenvalue weighted by Crippen LogP contribution is 2.30. The highest BCUT2D eigenvalue weighted by atomic mass is 32.1. The van der Waals surface area contributed by atoms with Crippen molar-refractivity contribution in [2.45, 2.75) is 19.6 Å². The Labute approximate surface area is 175 Å². The van der Waals surface area contributed by atoms with Crippen LogP contribution in [0.5, 0.6) is 11.5 Å². The minimum absolute atomic E-state index is 0.260. The van der Waals surface area contributed by atoms with Gasteiger partial charge in [0.25, 0.3) is 0 Å². The molecule has 0 amide bonds. The van der Waals surface area contributed by atoms with Crippen molar-refractivity contribution >= 4 is 17.2 Å². The fourth-order valence-electron chi connectivity index (χ4n) is 3.51. The molecule has 0 saturated carbocycles. The lowest BCUT2D eigenvalue weighted by molar-refractivity contribution is 0.284. The Kier molecular flexibility index (Phi) is 5.76. The van der Waals surface area contributed by atoms with Crippen LogP contribution in [0.15, 0.2) is 66.7 Å². The van der Waals surface area contributed by atoms with Gasteiger partial charge in [0.05, 0.1) is 7.11 Å². The summed E-state index contributed by atoms with van der Waals surface area (Å²) in [4.78, 5) is 3.04. The first-order chi connectivity index (χ1) is 14.1. The van der Waals surface area contributed by atoms with Crippen LogP contribution in [-0.4, -0.2) is 23.5 Å². The summed E-state index contributed by atoms with van der Waals surface area (Å²) in [5, 5.41) is 0. The second kappa shape index (κ2) is 8.62. The quantitative estimate of drug-likeness (QED) is 0.546. The Hall–Kier alpha value is -2.92. The number of fused-ring (bicyclic) bond motifs is 1. The molecule has 3 nitrogen and oxygen atoms in total. The van der Waals surface area contributed by atoms with E-state index >= 15 is 0 Å². The van der Waals surface area contributed by atoms with Crippen LogP contribution in [0.2, 0.25) is 0 Å². The zero-order valence-electron chi connectivity index (χ0n) is 16.2. The van der Waals surface area contributed by atoms with Gasteiger partial charge in [-0.3, -0.25) is 0 Å². The number of ether oxygens (including phenoxy) is 2. The van der Waals surface area contributed by atoms with Gasteiger partial charge in [0, 0.05) is 18.7 Å². The van der Waals surface area contributed by atoms with E-state index in [0.29, 0.717) is 18.1 Å². The van der Waals surface area contributed by atoms with Gasteiger partial charge in [0.1, 0.15) is 17.4 Å². The molecule has 0 N–H and O–H groups in total.